The summed E-state index contributed by atoms with van der Waals surface area (Å²) in [4.78, 5) is 21.4. The molecule has 1 fully saturated rings. The third kappa shape index (κ3) is 6.09. The van der Waals surface area contributed by atoms with Gasteiger partial charge in [-0.3, -0.25) is 4.79 Å². The van der Waals surface area contributed by atoms with E-state index in [1.165, 1.54) is 7.05 Å². The van der Waals surface area contributed by atoms with Crippen LogP contribution < -0.4 is 4.90 Å². The molecule has 3 aromatic rings. The van der Waals surface area contributed by atoms with Gasteiger partial charge in [0.15, 0.2) is 0 Å². The van der Waals surface area contributed by atoms with E-state index in [-0.39, 0.29) is 17.2 Å². The van der Waals surface area contributed by atoms with Gasteiger partial charge in [-0.2, -0.15) is 26.3 Å². The zero-order chi connectivity index (χ0) is 27.7. The van der Waals surface area contributed by atoms with Crippen LogP contribution in [-0.2, 0) is 23.6 Å². The molecule has 0 aliphatic carbocycles. The number of pyridine rings is 1. The number of amides is 1. The molecular formula is C27H25F6N3O2. The van der Waals surface area contributed by atoms with Gasteiger partial charge >= 0.3 is 12.4 Å². The number of benzene rings is 2. The highest BCUT2D eigenvalue weighted by molar-refractivity contribution is 6.00. The van der Waals surface area contributed by atoms with Crippen molar-refractivity contribution in [1.82, 2.24) is 9.88 Å². The molecule has 4 rings (SSSR count). The van der Waals surface area contributed by atoms with Crippen molar-refractivity contribution in [3.05, 3.63) is 82.4 Å². The summed E-state index contributed by atoms with van der Waals surface area (Å²) in [6.07, 6.45) is -9.95. The number of anilines is 1. The number of ether oxygens (including phenoxy) is 1. The Morgan fingerprint density at radius 2 is 1.55 bits per heavy atom. The largest absolute Gasteiger partial charge is 0.416 e. The number of aryl methyl sites for hydroxylation is 1. The molecule has 2 heterocycles. The molecule has 2 aromatic carbocycles. The SMILES string of the molecule is Cc1ccccc1-c1nc(N2CCOCC2)ccc1C(=O)N(C)Cc1cc(C(F)(F)F)cc(C(F)(F)F)c1. The van der Waals surface area contributed by atoms with Gasteiger partial charge in [-0.05, 0) is 48.4 Å². The van der Waals surface area contributed by atoms with E-state index in [9.17, 15) is 31.1 Å². The van der Waals surface area contributed by atoms with Gasteiger partial charge in [0.05, 0.1) is 35.6 Å². The molecular weight excluding hydrogens is 512 g/mol. The van der Waals surface area contributed by atoms with Crippen molar-refractivity contribution in [3.63, 3.8) is 0 Å². The van der Waals surface area contributed by atoms with Gasteiger partial charge in [0.2, 0.25) is 0 Å². The summed E-state index contributed by atoms with van der Waals surface area (Å²) in [5.41, 5.74) is -1.05. The quantitative estimate of drug-likeness (QED) is 0.364. The fraction of sp³-hybridized carbons (Fsp3) is 0.333. The Morgan fingerprint density at radius 1 is 0.947 bits per heavy atom. The van der Waals surface area contributed by atoms with Gasteiger partial charge in [-0.15, -0.1) is 0 Å². The molecule has 0 bridgehead atoms. The van der Waals surface area contributed by atoms with E-state index in [1.54, 1.807) is 24.3 Å². The van der Waals surface area contributed by atoms with Crippen LogP contribution in [0.3, 0.4) is 0 Å². The van der Waals surface area contributed by atoms with Gasteiger partial charge < -0.3 is 14.5 Å². The molecule has 0 saturated carbocycles. The van der Waals surface area contributed by atoms with Crippen molar-refractivity contribution in [3.8, 4) is 11.3 Å². The predicted octanol–water partition coefficient (Wildman–Crippen LogP) is 6.20. The van der Waals surface area contributed by atoms with Gasteiger partial charge in [-0.25, -0.2) is 4.98 Å². The second-order valence-electron chi connectivity index (χ2n) is 9.06. The minimum Gasteiger partial charge on any atom is -0.378 e. The highest BCUT2D eigenvalue weighted by atomic mass is 19.4. The first-order chi connectivity index (χ1) is 17.8. The van der Waals surface area contributed by atoms with Crippen molar-refractivity contribution >= 4 is 11.7 Å². The van der Waals surface area contributed by atoms with Crippen molar-refractivity contribution in [2.24, 2.45) is 0 Å². The second-order valence-corrected chi connectivity index (χ2v) is 9.06. The van der Waals surface area contributed by atoms with E-state index < -0.39 is 35.9 Å². The zero-order valence-electron chi connectivity index (χ0n) is 20.7. The second kappa shape index (κ2) is 10.6. The average molecular weight is 538 g/mol. The lowest BCUT2D eigenvalue weighted by molar-refractivity contribution is -0.143. The summed E-state index contributed by atoms with van der Waals surface area (Å²) in [6.45, 7) is 3.68. The zero-order valence-corrected chi connectivity index (χ0v) is 20.7. The Balaban J connectivity index is 1.71. The fourth-order valence-corrected chi connectivity index (χ4v) is 4.30. The number of nitrogens with zero attached hydrogens (tertiary/aromatic N) is 3. The molecule has 202 valence electrons. The number of aromatic nitrogens is 1. The molecule has 0 atom stereocenters. The summed E-state index contributed by atoms with van der Waals surface area (Å²) >= 11 is 0. The van der Waals surface area contributed by atoms with Gasteiger partial charge in [0.25, 0.3) is 5.91 Å². The van der Waals surface area contributed by atoms with E-state index in [0.717, 1.165) is 10.5 Å². The minimum atomic E-state index is -4.98. The summed E-state index contributed by atoms with van der Waals surface area (Å²) in [5.74, 6) is 0.0497. The van der Waals surface area contributed by atoms with Crippen molar-refractivity contribution < 1.29 is 35.9 Å². The van der Waals surface area contributed by atoms with E-state index in [4.69, 9.17) is 9.72 Å². The molecule has 0 unspecified atom stereocenters. The summed E-state index contributed by atoms with van der Waals surface area (Å²) in [7, 11) is 1.33. The van der Waals surface area contributed by atoms with Crippen LogP contribution in [0.4, 0.5) is 32.2 Å². The lowest BCUT2D eigenvalue weighted by atomic mass is 10.00. The summed E-state index contributed by atoms with van der Waals surface area (Å²) < 4.78 is 85.2. The smallest absolute Gasteiger partial charge is 0.378 e. The average Bonchev–Trinajstić information content (AvgIpc) is 2.87. The minimum absolute atomic E-state index is 0.0654. The standard InChI is InChI=1S/C27H25F6N3O2/c1-17-5-3-4-6-21(17)24-22(7-8-23(34-24)36-9-11-38-12-10-36)25(37)35(2)16-18-13-19(26(28,29)30)15-20(14-18)27(31,32)33/h3-8,13-15H,9-12,16H2,1-2H3. The molecule has 0 spiro atoms. The van der Waals surface area contributed by atoms with Crippen LogP contribution in [0.2, 0.25) is 0 Å². The first kappa shape index (κ1) is 27.4. The highest BCUT2D eigenvalue weighted by Gasteiger charge is 2.37. The normalized spacial score (nSPS) is 14.5. The number of morpholine rings is 1. The number of halogens is 6. The Kier molecular flexibility index (Phi) is 7.68. The molecule has 5 nitrogen and oxygen atoms in total. The van der Waals surface area contributed by atoms with Gasteiger partial charge in [-0.1, -0.05) is 24.3 Å². The van der Waals surface area contributed by atoms with Crippen LogP contribution in [0, 0.1) is 6.92 Å². The van der Waals surface area contributed by atoms with Crippen molar-refractivity contribution in [2.75, 3.05) is 38.3 Å². The van der Waals surface area contributed by atoms with Crippen LogP contribution in [-0.4, -0.2) is 49.1 Å². The molecule has 38 heavy (non-hydrogen) atoms. The van der Waals surface area contributed by atoms with E-state index in [2.05, 4.69) is 0 Å². The van der Waals surface area contributed by atoms with Crippen LogP contribution in [0.1, 0.15) is 32.6 Å². The molecule has 0 N–H and O–H groups in total. The van der Waals surface area contributed by atoms with Gasteiger partial charge in [0.1, 0.15) is 5.82 Å². The maximum Gasteiger partial charge on any atom is 0.416 e. The van der Waals surface area contributed by atoms with E-state index in [0.29, 0.717) is 55.5 Å². The number of hydrogen-bond donors (Lipinski definition) is 0. The van der Waals surface area contributed by atoms with Gasteiger partial charge in [0, 0.05) is 32.2 Å². The monoisotopic (exact) mass is 537 g/mol. The molecule has 1 amide bonds. The Bertz CT molecular complexity index is 1280. The predicted molar refractivity (Wildman–Crippen MR) is 130 cm³/mol. The molecule has 1 aliphatic rings. The number of rotatable bonds is 5. The van der Waals surface area contributed by atoms with Crippen molar-refractivity contribution in [1.29, 1.82) is 0 Å². The number of carbonyl (C=O) groups is 1. The molecule has 1 aliphatic heterocycles. The summed E-state index contributed by atoms with van der Waals surface area (Å²) in [5, 5.41) is 0. The number of hydrogen-bond acceptors (Lipinski definition) is 4. The Labute approximate surface area is 215 Å². The van der Waals surface area contributed by atoms with Crippen LogP contribution >= 0.6 is 0 Å². The maximum absolute atomic E-state index is 13.5. The van der Waals surface area contributed by atoms with Crippen molar-refractivity contribution in [2.45, 2.75) is 25.8 Å². The maximum atomic E-state index is 13.5. The highest BCUT2D eigenvalue weighted by Crippen LogP contribution is 2.37. The lowest BCUT2D eigenvalue weighted by Crippen LogP contribution is -2.37. The summed E-state index contributed by atoms with van der Waals surface area (Å²) in [6, 6.07) is 11.9. The van der Waals surface area contributed by atoms with Crippen LogP contribution in [0.5, 0.6) is 0 Å². The third-order valence-electron chi connectivity index (χ3n) is 6.26. The molecule has 1 saturated heterocycles. The molecule has 1 aromatic heterocycles. The number of carbonyl (C=O) groups excluding carboxylic acids is 1. The fourth-order valence-electron chi connectivity index (χ4n) is 4.30. The topological polar surface area (TPSA) is 45.7 Å². The number of alkyl halides is 6. The molecule has 11 heteroatoms. The van der Waals surface area contributed by atoms with Crippen LogP contribution in [0.25, 0.3) is 11.3 Å². The van der Waals surface area contributed by atoms with E-state index >= 15 is 0 Å². The third-order valence-corrected chi connectivity index (χ3v) is 6.26. The molecule has 0 radical (unpaired) electrons. The Morgan fingerprint density at radius 3 is 2.13 bits per heavy atom. The van der Waals surface area contributed by atoms with E-state index in [1.807, 2.05) is 24.0 Å². The Hall–Kier alpha value is -3.60. The first-order valence-electron chi connectivity index (χ1n) is 11.8. The van der Waals surface area contributed by atoms with Crippen LogP contribution in [0.15, 0.2) is 54.6 Å². The first-order valence-corrected chi connectivity index (χ1v) is 11.8. The lowest BCUT2D eigenvalue weighted by Gasteiger charge is -2.29.